The maximum Gasteiger partial charge on any atom is 0.229 e. The highest BCUT2D eigenvalue weighted by atomic mass is 16.5. The minimum atomic E-state index is 0.348. The smallest absolute Gasteiger partial charge is 0.229 e. The summed E-state index contributed by atoms with van der Waals surface area (Å²) in [4.78, 5) is 4.53. The number of hydrogen-bond donors (Lipinski definition) is 1. The average molecular weight is 257 g/mol. The van der Waals surface area contributed by atoms with Crippen LogP contribution in [0.2, 0.25) is 0 Å². The molecule has 0 saturated carbocycles. The van der Waals surface area contributed by atoms with Crippen LogP contribution in [0.25, 0.3) is 0 Å². The Balaban J connectivity index is 1.68. The summed E-state index contributed by atoms with van der Waals surface area (Å²) in [5.41, 5.74) is 2.49. The number of nitrogens with one attached hydrogen (secondary N) is 1. The Morgan fingerprint density at radius 1 is 1.32 bits per heavy atom. The minimum Gasteiger partial charge on any atom is -0.339 e. The third-order valence-corrected chi connectivity index (χ3v) is 3.88. The molecule has 1 N–H and O–H groups in total. The second kappa shape index (κ2) is 5.13. The first kappa shape index (κ1) is 12.4. The lowest BCUT2D eigenvalue weighted by atomic mass is 9.89. The van der Waals surface area contributed by atoms with Gasteiger partial charge in [-0.25, -0.2) is 0 Å². The van der Waals surface area contributed by atoms with Gasteiger partial charge in [-0.05, 0) is 31.5 Å². The molecule has 1 unspecified atom stereocenters. The highest BCUT2D eigenvalue weighted by Gasteiger charge is 2.28. The number of aromatic nitrogens is 2. The molecule has 19 heavy (non-hydrogen) atoms. The molecular formula is C15H19N3O. The molecular weight excluding hydrogens is 238 g/mol. The van der Waals surface area contributed by atoms with Gasteiger partial charge in [-0.2, -0.15) is 4.98 Å². The predicted molar refractivity (Wildman–Crippen MR) is 73.1 cm³/mol. The van der Waals surface area contributed by atoms with Crippen LogP contribution in [0.3, 0.4) is 0 Å². The summed E-state index contributed by atoms with van der Waals surface area (Å²) in [6.07, 6.45) is 0.736. The summed E-state index contributed by atoms with van der Waals surface area (Å²) in [5, 5.41) is 7.36. The zero-order valence-corrected chi connectivity index (χ0v) is 11.4. The first-order chi connectivity index (χ1) is 9.22. The molecule has 1 saturated heterocycles. The van der Waals surface area contributed by atoms with Crippen molar-refractivity contribution < 1.29 is 4.52 Å². The fraction of sp³-hybridized carbons (Fsp3) is 0.467. The predicted octanol–water partition coefficient (Wildman–Crippen LogP) is 2.29. The van der Waals surface area contributed by atoms with Gasteiger partial charge in [0, 0.05) is 12.3 Å². The van der Waals surface area contributed by atoms with E-state index >= 15 is 0 Å². The van der Waals surface area contributed by atoms with E-state index in [4.69, 9.17) is 4.52 Å². The number of hydrogen-bond acceptors (Lipinski definition) is 4. The van der Waals surface area contributed by atoms with E-state index in [1.54, 1.807) is 0 Å². The van der Waals surface area contributed by atoms with Crippen molar-refractivity contribution in [3.8, 4) is 0 Å². The molecule has 1 aromatic heterocycles. The SMILES string of the molecule is Cc1ccc(Cc2noc(C(C)C3CNC3)n2)cc1. The Morgan fingerprint density at radius 3 is 2.68 bits per heavy atom. The number of benzene rings is 1. The van der Waals surface area contributed by atoms with E-state index < -0.39 is 0 Å². The molecule has 1 aromatic carbocycles. The van der Waals surface area contributed by atoms with Crippen molar-refractivity contribution in [3.63, 3.8) is 0 Å². The van der Waals surface area contributed by atoms with Crippen molar-refractivity contribution in [2.75, 3.05) is 13.1 Å². The number of nitrogens with zero attached hydrogens (tertiary/aromatic N) is 2. The maximum absolute atomic E-state index is 5.39. The first-order valence-corrected chi connectivity index (χ1v) is 6.81. The van der Waals surface area contributed by atoms with Crippen molar-refractivity contribution in [2.45, 2.75) is 26.2 Å². The molecule has 0 spiro atoms. The monoisotopic (exact) mass is 257 g/mol. The van der Waals surface area contributed by atoms with Crippen LogP contribution in [0.1, 0.15) is 35.7 Å². The van der Waals surface area contributed by atoms with Gasteiger partial charge in [0.05, 0.1) is 0 Å². The van der Waals surface area contributed by atoms with E-state index in [1.807, 2.05) is 0 Å². The molecule has 0 bridgehead atoms. The molecule has 1 fully saturated rings. The van der Waals surface area contributed by atoms with E-state index in [9.17, 15) is 0 Å². The Labute approximate surface area is 113 Å². The average Bonchev–Trinajstić information content (AvgIpc) is 2.78. The Hall–Kier alpha value is -1.68. The summed E-state index contributed by atoms with van der Waals surface area (Å²) >= 11 is 0. The van der Waals surface area contributed by atoms with Crippen LogP contribution >= 0.6 is 0 Å². The molecule has 1 atom stereocenters. The highest BCUT2D eigenvalue weighted by molar-refractivity contribution is 5.23. The van der Waals surface area contributed by atoms with E-state index in [2.05, 4.69) is 53.6 Å². The van der Waals surface area contributed by atoms with Crippen molar-refractivity contribution in [3.05, 3.63) is 47.1 Å². The fourth-order valence-electron chi connectivity index (χ4n) is 2.28. The summed E-state index contributed by atoms with van der Waals surface area (Å²) in [6, 6.07) is 8.45. The van der Waals surface area contributed by atoms with Gasteiger partial charge in [0.1, 0.15) is 0 Å². The molecule has 0 aliphatic carbocycles. The highest BCUT2D eigenvalue weighted by Crippen LogP contribution is 2.25. The molecule has 2 aromatic rings. The van der Waals surface area contributed by atoms with Crippen molar-refractivity contribution in [1.29, 1.82) is 0 Å². The normalized spacial score (nSPS) is 17.2. The van der Waals surface area contributed by atoms with Gasteiger partial charge in [0.25, 0.3) is 0 Å². The van der Waals surface area contributed by atoms with Gasteiger partial charge in [-0.1, -0.05) is 41.9 Å². The Kier molecular flexibility index (Phi) is 3.34. The molecule has 4 heteroatoms. The third-order valence-electron chi connectivity index (χ3n) is 3.88. The van der Waals surface area contributed by atoms with Gasteiger partial charge < -0.3 is 9.84 Å². The van der Waals surface area contributed by atoms with Gasteiger partial charge >= 0.3 is 0 Å². The lowest BCUT2D eigenvalue weighted by Crippen LogP contribution is -2.44. The molecule has 2 heterocycles. The lowest BCUT2D eigenvalue weighted by molar-refractivity contribution is 0.252. The summed E-state index contributed by atoms with van der Waals surface area (Å²) in [5.74, 6) is 2.53. The zero-order valence-electron chi connectivity index (χ0n) is 11.4. The van der Waals surface area contributed by atoms with E-state index in [0.29, 0.717) is 11.8 Å². The van der Waals surface area contributed by atoms with Crippen LogP contribution in [0.15, 0.2) is 28.8 Å². The largest absolute Gasteiger partial charge is 0.339 e. The standard InChI is InChI=1S/C15H19N3O/c1-10-3-5-12(6-4-10)7-14-17-15(19-18-14)11(2)13-8-16-9-13/h3-6,11,13,16H,7-9H2,1-2H3. The van der Waals surface area contributed by atoms with Crippen molar-refractivity contribution >= 4 is 0 Å². The molecule has 3 rings (SSSR count). The summed E-state index contributed by atoms with van der Waals surface area (Å²) in [6.45, 7) is 6.35. The van der Waals surface area contributed by atoms with Crippen LogP contribution in [0.5, 0.6) is 0 Å². The van der Waals surface area contributed by atoms with Crippen LogP contribution in [0.4, 0.5) is 0 Å². The molecule has 0 radical (unpaired) electrons. The van der Waals surface area contributed by atoms with Crippen LogP contribution in [-0.4, -0.2) is 23.2 Å². The van der Waals surface area contributed by atoms with Crippen LogP contribution in [0, 0.1) is 12.8 Å². The minimum absolute atomic E-state index is 0.348. The topological polar surface area (TPSA) is 51.0 Å². The first-order valence-electron chi connectivity index (χ1n) is 6.81. The van der Waals surface area contributed by atoms with E-state index in [0.717, 1.165) is 31.2 Å². The van der Waals surface area contributed by atoms with Crippen molar-refractivity contribution in [1.82, 2.24) is 15.5 Å². The quantitative estimate of drug-likeness (QED) is 0.913. The van der Waals surface area contributed by atoms with E-state index in [1.165, 1.54) is 11.1 Å². The summed E-state index contributed by atoms with van der Waals surface area (Å²) < 4.78 is 5.39. The fourth-order valence-corrected chi connectivity index (χ4v) is 2.28. The third kappa shape index (κ3) is 2.68. The molecule has 1 aliphatic heterocycles. The van der Waals surface area contributed by atoms with Gasteiger partial charge in [0.15, 0.2) is 5.82 Å². The molecule has 4 nitrogen and oxygen atoms in total. The second-order valence-corrected chi connectivity index (χ2v) is 5.42. The number of rotatable bonds is 4. The number of aryl methyl sites for hydroxylation is 1. The summed E-state index contributed by atoms with van der Waals surface area (Å²) in [7, 11) is 0. The zero-order chi connectivity index (χ0) is 13.2. The van der Waals surface area contributed by atoms with Gasteiger partial charge in [-0.3, -0.25) is 0 Å². The van der Waals surface area contributed by atoms with Crippen LogP contribution in [-0.2, 0) is 6.42 Å². The van der Waals surface area contributed by atoms with Crippen molar-refractivity contribution in [2.24, 2.45) is 5.92 Å². The maximum atomic E-state index is 5.39. The Bertz CT molecular complexity index is 543. The molecule has 1 aliphatic rings. The van der Waals surface area contributed by atoms with Crippen LogP contribution < -0.4 is 5.32 Å². The Morgan fingerprint density at radius 2 is 2.05 bits per heavy atom. The molecule has 100 valence electrons. The van der Waals surface area contributed by atoms with E-state index in [-0.39, 0.29) is 0 Å². The molecule has 0 amide bonds. The second-order valence-electron chi connectivity index (χ2n) is 5.42. The van der Waals surface area contributed by atoms with Gasteiger partial charge in [-0.15, -0.1) is 0 Å². The van der Waals surface area contributed by atoms with Gasteiger partial charge in [0.2, 0.25) is 5.89 Å². The lowest BCUT2D eigenvalue weighted by Gasteiger charge is -2.30.